The fourth-order valence-corrected chi connectivity index (χ4v) is 1.64. The van der Waals surface area contributed by atoms with E-state index < -0.39 is 0 Å². The molecule has 0 aliphatic heterocycles. The molecule has 2 rings (SSSR count). The van der Waals surface area contributed by atoms with Gasteiger partial charge in [0.1, 0.15) is 5.78 Å². The Morgan fingerprint density at radius 1 is 1.29 bits per heavy atom. The van der Waals surface area contributed by atoms with Gasteiger partial charge in [0.25, 0.3) is 0 Å². The third kappa shape index (κ3) is 2.78. The van der Waals surface area contributed by atoms with Gasteiger partial charge in [0, 0.05) is 6.42 Å². The third-order valence-electron chi connectivity index (χ3n) is 2.56. The molecule has 0 spiro atoms. The van der Waals surface area contributed by atoms with Crippen LogP contribution < -0.4 is 0 Å². The molecule has 0 atom stereocenters. The van der Waals surface area contributed by atoms with Gasteiger partial charge in [-0.25, -0.2) is 4.68 Å². The van der Waals surface area contributed by atoms with E-state index in [4.69, 9.17) is 0 Å². The lowest BCUT2D eigenvalue weighted by Gasteiger charge is -2.01. The van der Waals surface area contributed by atoms with Gasteiger partial charge < -0.3 is 0 Å². The predicted molar refractivity (Wildman–Crippen MR) is 65.1 cm³/mol. The highest BCUT2D eigenvalue weighted by Gasteiger charge is 2.02. The molecule has 0 bridgehead atoms. The summed E-state index contributed by atoms with van der Waals surface area (Å²) in [6, 6.07) is 7.80. The maximum absolute atomic E-state index is 11.0. The van der Waals surface area contributed by atoms with E-state index in [1.165, 1.54) is 0 Å². The number of hydrogen-bond acceptors (Lipinski definition) is 3. The van der Waals surface area contributed by atoms with E-state index in [0.29, 0.717) is 6.42 Å². The molecular weight excluding hydrogens is 214 g/mol. The van der Waals surface area contributed by atoms with Crippen molar-refractivity contribution in [3.8, 4) is 5.69 Å². The molecule has 0 saturated heterocycles. The summed E-state index contributed by atoms with van der Waals surface area (Å²) >= 11 is 0. The summed E-state index contributed by atoms with van der Waals surface area (Å²) < 4.78 is 1.75. The standard InChI is InChI=1S/C13H15N3O/c1-3-12-9-16(15-14-12)13-6-4-11(5-7-13)8-10(2)17/h4-7,9H,3,8H2,1-2H3. The van der Waals surface area contributed by atoms with Crippen LogP contribution in [0.3, 0.4) is 0 Å². The minimum Gasteiger partial charge on any atom is -0.300 e. The van der Waals surface area contributed by atoms with E-state index in [1.54, 1.807) is 11.6 Å². The molecule has 0 N–H and O–H groups in total. The van der Waals surface area contributed by atoms with Crippen LogP contribution in [0, 0.1) is 0 Å². The number of Topliss-reactive ketones (excluding diaryl/α,β-unsaturated/α-hetero) is 1. The first kappa shape index (κ1) is 11.5. The Hall–Kier alpha value is -1.97. The first-order chi connectivity index (χ1) is 8.19. The van der Waals surface area contributed by atoms with Crippen molar-refractivity contribution in [3.63, 3.8) is 0 Å². The predicted octanol–water partition coefficient (Wildman–Crippen LogP) is 1.96. The van der Waals surface area contributed by atoms with Gasteiger partial charge in [-0.15, -0.1) is 5.10 Å². The van der Waals surface area contributed by atoms with Crippen LogP contribution in [0.4, 0.5) is 0 Å². The highest BCUT2D eigenvalue weighted by atomic mass is 16.1. The van der Waals surface area contributed by atoms with Gasteiger partial charge in [-0.2, -0.15) is 0 Å². The summed E-state index contributed by atoms with van der Waals surface area (Å²) in [5.74, 6) is 0.173. The number of rotatable bonds is 4. The normalized spacial score (nSPS) is 10.5. The Bertz CT molecular complexity index is 514. The fourth-order valence-electron chi connectivity index (χ4n) is 1.64. The summed E-state index contributed by atoms with van der Waals surface area (Å²) in [5, 5.41) is 8.09. The van der Waals surface area contributed by atoms with Gasteiger partial charge in [-0.3, -0.25) is 4.79 Å². The molecule has 0 aliphatic carbocycles. The Balaban J connectivity index is 2.19. The van der Waals surface area contributed by atoms with Gasteiger partial charge in [0.2, 0.25) is 0 Å². The zero-order valence-corrected chi connectivity index (χ0v) is 10.1. The van der Waals surface area contributed by atoms with Crippen molar-refractivity contribution in [2.24, 2.45) is 0 Å². The first-order valence-electron chi connectivity index (χ1n) is 5.69. The van der Waals surface area contributed by atoms with E-state index in [0.717, 1.165) is 23.4 Å². The van der Waals surface area contributed by atoms with Crippen LogP contribution in [-0.2, 0) is 17.6 Å². The van der Waals surface area contributed by atoms with Gasteiger partial charge in [-0.05, 0) is 31.0 Å². The van der Waals surface area contributed by atoms with Crippen LogP contribution in [0.15, 0.2) is 30.5 Å². The molecule has 4 heteroatoms. The highest BCUT2D eigenvalue weighted by molar-refractivity contribution is 5.78. The largest absolute Gasteiger partial charge is 0.300 e. The van der Waals surface area contributed by atoms with Crippen molar-refractivity contribution in [2.75, 3.05) is 0 Å². The Kier molecular flexibility index (Phi) is 3.32. The SMILES string of the molecule is CCc1cn(-c2ccc(CC(C)=O)cc2)nn1. The van der Waals surface area contributed by atoms with Gasteiger partial charge in [0.05, 0.1) is 17.6 Å². The quantitative estimate of drug-likeness (QED) is 0.805. The van der Waals surface area contributed by atoms with Crippen molar-refractivity contribution in [3.05, 3.63) is 41.7 Å². The van der Waals surface area contributed by atoms with Crippen molar-refractivity contribution in [2.45, 2.75) is 26.7 Å². The number of hydrogen-bond donors (Lipinski definition) is 0. The highest BCUT2D eigenvalue weighted by Crippen LogP contribution is 2.10. The zero-order chi connectivity index (χ0) is 12.3. The average Bonchev–Trinajstić information content (AvgIpc) is 2.78. The number of carbonyl (C=O) groups excluding carboxylic acids is 1. The van der Waals surface area contributed by atoms with Crippen LogP contribution in [0.25, 0.3) is 5.69 Å². The van der Waals surface area contributed by atoms with E-state index in [-0.39, 0.29) is 5.78 Å². The fraction of sp³-hybridized carbons (Fsp3) is 0.308. The topological polar surface area (TPSA) is 47.8 Å². The summed E-state index contributed by atoms with van der Waals surface area (Å²) in [7, 11) is 0. The van der Waals surface area contributed by atoms with Crippen molar-refractivity contribution in [1.29, 1.82) is 0 Å². The molecule has 1 aromatic heterocycles. The van der Waals surface area contributed by atoms with E-state index in [9.17, 15) is 4.79 Å². The van der Waals surface area contributed by atoms with Gasteiger partial charge in [-0.1, -0.05) is 24.3 Å². The number of aryl methyl sites for hydroxylation is 1. The minimum atomic E-state index is 0.173. The monoisotopic (exact) mass is 229 g/mol. The van der Waals surface area contributed by atoms with Gasteiger partial charge >= 0.3 is 0 Å². The van der Waals surface area contributed by atoms with Crippen LogP contribution >= 0.6 is 0 Å². The number of aromatic nitrogens is 3. The second-order valence-corrected chi connectivity index (χ2v) is 4.05. The number of nitrogens with zero attached hydrogens (tertiary/aromatic N) is 3. The number of carbonyl (C=O) groups is 1. The molecule has 0 amide bonds. The van der Waals surface area contributed by atoms with E-state index >= 15 is 0 Å². The molecular formula is C13H15N3O. The van der Waals surface area contributed by atoms with Gasteiger partial charge in [0.15, 0.2) is 0 Å². The number of benzene rings is 1. The molecule has 88 valence electrons. The smallest absolute Gasteiger partial charge is 0.134 e. The van der Waals surface area contributed by atoms with Crippen LogP contribution in [0.2, 0.25) is 0 Å². The Morgan fingerprint density at radius 2 is 2.00 bits per heavy atom. The average molecular weight is 229 g/mol. The molecule has 4 nitrogen and oxygen atoms in total. The van der Waals surface area contributed by atoms with Crippen LogP contribution in [0.5, 0.6) is 0 Å². The Morgan fingerprint density at radius 3 is 2.53 bits per heavy atom. The van der Waals surface area contributed by atoms with E-state index in [1.807, 2.05) is 37.4 Å². The lowest BCUT2D eigenvalue weighted by molar-refractivity contribution is -0.116. The molecule has 1 heterocycles. The van der Waals surface area contributed by atoms with Crippen molar-refractivity contribution < 1.29 is 4.79 Å². The summed E-state index contributed by atoms with van der Waals surface area (Å²) in [6.07, 6.45) is 3.28. The minimum absolute atomic E-state index is 0.173. The van der Waals surface area contributed by atoms with E-state index in [2.05, 4.69) is 10.3 Å². The third-order valence-corrected chi connectivity index (χ3v) is 2.56. The molecule has 0 aliphatic rings. The van der Waals surface area contributed by atoms with Crippen molar-refractivity contribution in [1.82, 2.24) is 15.0 Å². The molecule has 0 unspecified atom stereocenters. The van der Waals surface area contributed by atoms with Crippen LogP contribution in [0.1, 0.15) is 25.1 Å². The molecule has 0 saturated carbocycles. The molecule has 0 radical (unpaired) electrons. The molecule has 2 aromatic rings. The Labute approximate surface area is 100 Å². The van der Waals surface area contributed by atoms with Crippen LogP contribution in [-0.4, -0.2) is 20.8 Å². The summed E-state index contributed by atoms with van der Waals surface area (Å²) in [6.45, 7) is 3.64. The number of ketones is 1. The lowest BCUT2D eigenvalue weighted by Crippen LogP contribution is -1.98. The second kappa shape index (κ2) is 4.91. The lowest BCUT2D eigenvalue weighted by atomic mass is 10.1. The van der Waals surface area contributed by atoms with Crippen molar-refractivity contribution >= 4 is 5.78 Å². The molecule has 0 fully saturated rings. The maximum atomic E-state index is 11.0. The second-order valence-electron chi connectivity index (χ2n) is 4.05. The summed E-state index contributed by atoms with van der Waals surface area (Å²) in [4.78, 5) is 11.0. The summed E-state index contributed by atoms with van der Waals surface area (Å²) in [5.41, 5.74) is 2.96. The zero-order valence-electron chi connectivity index (χ0n) is 10.1. The molecule has 1 aromatic carbocycles. The maximum Gasteiger partial charge on any atom is 0.134 e. The first-order valence-corrected chi connectivity index (χ1v) is 5.69. The molecule has 17 heavy (non-hydrogen) atoms.